The van der Waals surface area contributed by atoms with Gasteiger partial charge in [-0.05, 0) is 28.5 Å². The Kier molecular flexibility index (Phi) is 5.50. The molecule has 1 rings (SSSR count). The zero-order chi connectivity index (χ0) is 12.8. The summed E-state index contributed by atoms with van der Waals surface area (Å²) in [6, 6.07) is 2.11. The first-order valence-corrected chi connectivity index (χ1v) is 5.94. The average molecular weight is 307 g/mol. The minimum atomic E-state index is -0.672. The predicted molar refractivity (Wildman–Crippen MR) is 64.4 cm³/mol. The van der Waals surface area contributed by atoms with E-state index < -0.39 is 11.6 Å². The molecule has 0 spiro atoms. The van der Waals surface area contributed by atoms with Crippen LogP contribution in [0.1, 0.15) is 12.5 Å². The number of benzene rings is 1. The van der Waals surface area contributed by atoms with Gasteiger partial charge in [0.05, 0.1) is 11.0 Å². The van der Waals surface area contributed by atoms with Gasteiger partial charge in [-0.25, -0.2) is 8.78 Å². The van der Waals surface area contributed by atoms with E-state index in [1.165, 1.54) is 6.07 Å². The van der Waals surface area contributed by atoms with E-state index in [4.69, 9.17) is 0 Å². The van der Waals surface area contributed by atoms with E-state index in [1.54, 1.807) is 0 Å². The molecular formula is C11H13BrF2N2O. The Morgan fingerprint density at radius 2 is 2.06 bits per heavy atom. The van der Waals surface area contributed by atoms with Gasteiger partial charge in [0.2, 0.25) is 5.91 Å². The molecule has 0 fully saturated rings. The fourth-order valence-corrected chi connectivity index (χ4v) is 1.58. The molecule has 0 aliphatic heterocycles. The van der Waals surface area contributed by atoms with Crippen molar-refractivity contribution in [1.82, 2.24) is 10.6 Å². The SMILES string of the molecule is CCNCC(=O)NCc1cc(Br)c(F)cc1F. The smallest absolute Gasteiger partial charge is 0.234 e. The molecule has 0 aromatic heterocycles. The fourth-order valence-electron chi connectivity index (χ4n) is 1.19. The number of amides is 1. The summed E-state index contributed by atoms with van der Waals surface area (Å²) in [5.41, 5.74) is 0.239. The van der Waals surface area contributed by atoms with Crippen molar-refractivity contribution in [3.8, 4) is 0 Å². The van der Waals surface area contributed by atoms with E-state index >= 15 is 0 Å². The number of hydrogen-bond donors (Lipinski definition) is 2. The lowest BCUT2D eigenvalue weighted by Gasteiger charge is -2.07. The summed E-state index contributed by atoms with van der Waals surface area (Å²) in [6.45, 7) is 2.78. The highest BCUT2D eigenvalue weighted by atomic mass is 79.9. The number of carbonyl (C=O) groups is 1. The second-order valence-electron chi connectivity index (χ2n) is 3.41. The van der Waals surface area contributed by atoms with Crippen LogP contribution < -0.4 is 10.6 Å². The van der Waals surface area contributed by atoms with Gasteiger partial charge in [-0.1, -0.05) is 6.92 Å². The third-order valence-corrected chi connectivity index (χ3v) is 2.71. The largest absolute Gasteiger partial charge is 0.351 e. The Morgan fingerprint density at radius 3 is 2.71 bits per heavy atom. The Hall–Kier alpha value is -1.01. The maximum absolute atomic E-state index is 13.3. The van der Waals surface area contributed by atoms with Crippen molar-refractivity contribution in [3.63, 3.8) is 0 Å². The normalized spacial score (nSPS) is 10.4. The summed E-state index contributed by atoms with van der Waals surface area (Å²) in [5, 5.41) is 5.38. The minimum Gasteiger partial charge on any atom is -0.351 e. The minimum absolute atomic E-state index is 0.0366. The molecule has 0 heterocycles. The van der Waals surface area contributed by atoms with Crippen molar-refractivity contribution >= 4 is 21.8 Å². The van der Waals surface area contributed by atoms with E-state index in [0.717, 1.165) is 6.07 Å². The second-order valence-corrected chi connectivity index (χ2v) is 4.27. The molecule has 3 nitrogen and oxygen atoms in total. The van der Waals surface area contributed by atoms with Crippen molar-refractivity contribution in [2.45, 2.75) is 13.5 Å². The second kappa shape index (κ2) is 6.66. The lowest BCUT2D eigenvalue weighted by Crippen LogP contribution is -2.33. The zero-order valence-electron chi connectivity index (χ0n) is 9.32. The van der Waals surface area contributed by atoms with Gasteiger partial charge in [-0.3, -0.25) is 4.79 Å². The van der Waals surface area contributed by atoms with E-state index in [0.29, 0.717) is 6.54 Å². The molecule has 0 saturated carbocycles. The van der Waals surface area contributed by atoms with E-state index in [9.17, 15) is 13.6 Å². The Bertz CT molecular complexity index is 413. The number of halogens is 3. The van der Waals surface area contributed by atoms with Gasteiger partial charge in [0.25, 0.3) is 0 Å². The molecule has 6 heteroatoms. The maximum Gasteiger partial charge on any atom is 0.234 e. The topological polar surface area (TPSA) is 41.1 Å². The summed E-state index contributed by atoms with van der Waals surface area (Å²) in [5.74, 6) is -1.56. The zero-order valence-corrected chi connectivity index (χ0v) is 10.9. The van der Waals surface area contributed by atoms with Crippen LogP contribution in [0.15, 0.2) is 16.6 Å². The maximum atomic E-state index is 13.3. The molecule has 2 N–H and O–H groups in total. The first kappa shape index (κ1) is 14.1. The van der Waals surface area contributed by atoms with E-state index in [-0.39, 0.29) is 29.0 Å². The molecule has 0 unspecified atom stereocenters. The van der Waals surface area contributed by atoms with Crippen LogP contribution in [-0.4, -0.2) is 19.0 Å². The third kappa shape index (κ3) is 4.40. The summed E-state index contributed by atoms with van der Waals surface area (Å²) in [4.78, 5) is 11.3. The quantitative estimate of drug-likeness (QED) is 0.817. The highest BCUT2D eigenvalue weighted by Crippen LogP contribution is 2.19. The number of rotatable bonds is 5. The molecule has 0 radical (unpaired) electrons. The number of likely N-dealkylation sites (N-methyl/N-ethyl adjacent to an activating group) is 1. The highest BCUT2D eigenvalue weighted by molar-refractivity contribution is 9.10. The molecule has 0 saturated heterocycles. The molecule has 94 valence electrons. The molecule has 0 atom stereocenters. The molecule has 17 heavy (non-hydrogen) atoms. The van der Waals surface area contributed by atoms with Crippen LogP contribution in [0.4, 0.5) is 8.78 Å². The molecular weight excluding hydrogens is 294 g/mol. The molecule has 1 aromatic rings. The van der Waals surface area contributed by atoms with Gasteiger partial charge in [-0.15, -0.1) is 0 Å². The van der Waals surface area contributed by atoms with Crippen LogP contribution in [0, 0.1) is 11.6 Å². The number of nitrogens with one attached hydrogen (secondary N) is 2. The lowest BCUT2D eigenvalue weighted by molar-refractivity contribution is -0.120. The molecule has 1 aromatic carbocycles. The Labute approximate surface area is 107 Å². The van der Waals surface area contributed by atoms with Gasteiger partial charge in [0.15, 0.2) is 0 Å². The molecule has 1 amide bonds. The van der Waals surface area contributed by atoms with Crippen molar-refractivity contribution in [3.05, 3.63) is 33.8 Å². The first-order chi connectivity index (χ1) is 8.04. The molecule has 0 aliphatic carbocycles. The van der Waals surface area contributed by atoms with E-state index in [1.807, 2.05) is 6.92 Å². The van der Waals surface area contributed by atoms with Gasteiger partial charge in [0, 0.05) is 18.2 Å². The Morgan fingerprint density at radius 1 is 1.35 bits per heavy atom. The lowest BCUT2D eigenvalue weighted by atomic mass is 10.2. The number of carbonyl (C=O) groups excluding carboxylic acids is 1. The standard InChI is InChI=1S/C11H13BrF2N2O/c1-2-15-6-11(17)16-5-7-3-8(12)10(14)4-9(7)13/h3-4,15H,2,5-6H2,1H3,(H,16,17). The van der Waals surface area contributed by atoms with Crippen molar-refractivity contribution in [2.24, 2.45) is 0 Å². The monoisotopic (exact) mass is 306 g/mol. The summed E-state index contributed by atoms with van der Waals surface area (Å²) in [7, 11) is 0. The molecule has 0 aliphatic rings. The van der Waals surface area contributed by atoms with Gasteiger partial charge >= 0.3 is 0 Å². The van der Waals surface area contributed by atoms with Crippen LogP contribution in [0.2, 0.25) is 0 Å². The summed E-state index contributed by atoms with van der Waals surface area (Å²) in [6.07, 6.45) is 0. The van der Waals surface area contributed by atoms with E-state index in [2.05, 4.69) is 26.6 Å². The summed E-state index contributed by atoms with van der Waals surface area (Å²) >= 11 is 2.96. The molecule has 0 bridgehead atoms. The summed E-state index contributed by atoms with van der Waals surface area (Å²) < 4.78 is 26.4. The van der Waals surface area contributed by atoms with Crippen molar-refractivity contribution in [2.75, 3.05) is 13.1 Å². The highest BCUT2D eigenvalue weighted by Gasteiger charge is 2.09. The van der Waals surface area contributed by atoms with Crippen LogP contribution in [0.3, 0.4) is 0 Å². The van der Waals surface area contributed by atoms with Crippen LogP contribution in [-0.2, 0) is 11.3 Å². The van der Waals surface area contributed by atoms with Crippen LogP contribution in [0.5, 0.6) is 0 Å². The van der Waals surface area contributed by atoms with Gasteiger partial charge in [-0.2, -0.15) is 0 Å². The number of hydrogen-bond acceptors (Lipinski definition) is 2. The van der Waals surface area contributed by atoms with Crippen LogP contribution in [0.25, 0.3) is 0 Å². The van der Waals surface area contributed by atoms with Crippen molar-refractivity contribution < 1.29 is 13.6 Å². The average Bonchev–Trinajstić information content (AvgIpc) is 2.29. The first-order valence-electron chi connectivity index (χ1n) is 5.15. The fraction of sp³-hybridized carbons (Fsp3) is 0.364. The van der Waals surface area contributed by atoms with Gasteiger partial charge < -0.3 is 10.6 Å². The van der Waals surface area contributed by atoms with Crippen LogP contribution >= 0.6 is 15.9 Å². The Balaban J connectivity index is 2.57. The van der Waals surface area contributed by atoms with Gasteiger partial charge in [0.1, 0.15) is 11.6 Å². The predicted octanol–water partition coefficient (Wildman–Crippen LogP) is 1.95. The third-order valence-electron chi connectivity index (χ3n) is 2.10. The van der Waals surface area contributed by atoms with Crippen molar-refractivity contribution in [1.29, 1.82) is 0 Å².